The number of rotatable bonds is 3. The molecule has 2 bridgehead atoms. The lowest BCUT2D eigenvalue weighted by Gasteiger charge is -2.37. The number of fused-ring (bicyclic) bond motifs is 4. The third-order valence-corrected chi connectivity index (χ3v) is 7.01. The summed E-state index contributed by atoms with van der Waals surface area (Å²) < 4.78 is 7.38. The van der Waals surface area contributed by atoms with Gasteiger partial charge in [-0.15, -0.1) is 0 Å². The van der Waals surface area contributed by atoms with Gasteiger partial charge in [0.05, 0.1) is 0 Å². The van der Waals surface area contributed by atoms with Crippen molar-refractivity contribution < 1.29 is 9.32 Å². The Morgan fingerprint density at radius 2 is 2.00 bits per heavy atom. The number of hydrogen-bond acceptors (Lipinski definition) is 6. The van der Waals surface area contributed by atoms with Crippen LogP contribution in [0.15, 0.2) is 51.8 Å². The lowest BCUT2D eigenvalue weighted by molar-refractivity contribution is 0.0706. The molecule has 0 aliphatic carbocycles. The summed E-state index contributed by atoms with van der Waals surface area (Å²) >= 11 is 0. The fraction of sp³-hybridized carbons (Fsp3) is 0.417. The minimum absolute atomic E-state index is 0.176. The van der Waals surface area contributed by atoms with E-state index in [2.05, 4.69) is 15.5 Å². The van der Waals surface area contributed by atoms with Crippen molar-refractivity contribution in [2.24, 2.45) is 5.92 Å². The molecule has 0 saturated carbocycles. The molecule has 3 aromatic rings. The molecule has 1 N–H and O–H groups in total. The highest BCUT2D eigenvalue weighted by Gasteiger charge is 2.37. The summed E-state index contributed by atoms with van der Waals surface area (Å²) in [5.41, 5.74) is 1.96. The third-order valence-electron chi connectivity index (χ3n) is 7.01. The molecule has 1 amide bonds. The molecule has 2 aromatic heterocycles. The van der Waals surface area contributed by atoms with Gasteiger partial charge in [0.25, 0.3) is 11.5 Å². The first-order valence-electron chi connectivity index (χ1n) is 11.3. The normalized spacial score (nSPS) is 24.4. The van der Waals surface area contributed by atoms with E-state index >= 15 is 0 Å². The number of carbonyl (C=O) groups is 1. The molecule has 8 heteroatoms. The van der Waals surface area contributed by atoms with Gasteiger partial charge in [-0.3, -0.25) is 9.59 Å². The largest absolute Gasteiger partial charge is 0.337 e. The van der Waals surface area contributed by atoms with Crippen LogP contribution in [-0.2, 0) is 6.54 Å². The topological polar surface area (TPSA) is 93.3 Å². The van der Waals surface area contributed by atoms with Gasteiger partial charge in [0, 0.05) is 36.8 Å². The molecule has 5 heterocycles. The van der Waals surface area contributed by atoms with Crippen LogP contribution in [-0.4, -0.2) is 45.1 Å². The highest BCUT2D eigenvalue weighted by molar-refractivity contribution is 5.94. The van der Waals surface area contributed by atoms with Crippen LogP contribution in [0.25, 0.3) is 11.4 Å². The Balaban J connectivity index is 1.30. The van der Waals surface area contributed by atoms with Crippen LogP contribution < -0.4 is 10.9 Å². The zero-order valence-corrected chi connectivity index (χ0v) is 17.7. The number of nitrogens with one attached hydrogen (secondary N) is 1. The van der Waals surface area contributed by atoms with E-state index in [1.54, 1.807) is 11.0 Å². The van der Waals surface area contributed by atoms with Gasteiger partial charge in [0.1, 0.15) is 11.6 Å². The Morgan fingerprint density at radius 1 is 1.12 bits per heavy atom. The van der Waals surface area contributed by atoms with Gasteiger partial charge in [-0.25, -0.2) is 0 Å². The first kappa shape index (κ1) is 19.4. The number of hydrogen-bond donors (Lipinski definition) is 1. The van der Waals surface area contributed by atoms with Crippen molar-refractivity contribution in [1.82, 2.24) is 24.9 Å². The Labute approximate surface area is 185 Å². The maximum atomic E-state index is 13.5. The lowest BCUT2D eigenvalue weighted by Crippen LogP contribution is -2.46. The van der Waals surface area contributed by atoms with Crippen LogP contribution in [0, 0.1) is 5.92 Å². The number of nitrogens with zero attached hydrogens (tertiary/aromatic N) is 4. The van der Waals surface area contributed by atoms with E-state index in [0.29, 0.717) is 36.6 Å². The van der Waals surface area contributed by atoms with E-state index in [1.807, 2.05) is 41.0 Å². The number of pyridine rings is 1. The molecule has 3 aliphatic heterocycles. The third kappa shape index (κ3) is 3.17. The molecule has 2 fully saturated rings. The van der Waals surface area contributed by atoms with Crippen molar-refractivity contribution in [3.05, 3.63) is 70.0 Å². The average Bonchev–Trinajstić information content (AvgIpc) is 3.50. The van der Waals surface area contributed by atoms with E-state index in [1.165, 1.54) is 0 Å². The SMILES string of the molecule is O=C(c1ccc2n(c1=O)C[C@@H]1CNC[C@H]2C1)N1CCC[C@H]1c1nc(-c2ccccc2)no1. The van der Waals surface area contributed by atoms with E-state index in [4.69, 9.17) is 4.52 Å². The van der Waals surface area contributed by atoms with Crippen LogP contribution >= 0.6 is 0 Å². The molecule has 0 unspecified atom stereocenters. The van der Waals surface area contributed by atoms with Crippen LogP contribution in [0.5, 0.6) is 0 Å². The molecule has 1 aromatic carbocycles. The van der Waals surface area contributed by atoms with Gasteiger partial charge in [-0.05, 0) is 43.9 Å². The standard InChI is InChI=1S/C24H25N5O3/c30-23(18-8-9-19-17-11-15(12-25-13-17)14-29(19)24(18)31)28-10-4-7-20(28)22-26-21(27-32-22)16-5-2-1-3-6-16/h1-3,5-6,8-9,15,17,20,25H,4,7,10-14H2/t15-,17+,20-/m0/s1. The monoisotopic (exact) mass is 431 g/mol. The first-order valence-corrected chi connectivity index (χ1v) is 11.3. The Morgan fingerprint density at radius 3 is 2.88 bits per heavy atom. The fourth-order valence-corrected chi connectivity index (χ4v) is 5.45. The molecule has 32 heavy (non-hydrogen) atoms. The van der Waals surface area contributed by atoms with Gasteiger partial charge in [0.2, 0.25) is 11.7 Å². The Kier molecular flexibility index (Phi) is 4.68. The lowest BCUT2D eigenvalue weighted by atomic mass is 9.84. The number of carbonyl (C=O) groups excluding carboxylic acids is 1. The van der Waals surface area contributed by atoms with Gasteiger partial charge < -0.3 is 19.3 Å². The second-order valence-electron chi connectivity index (χ2n) is 9.02. The first-order chi connectivity index (χ1) is 15.7. The van der Waals surface area contributed by atoms with Crippen LogP contribution in [0.4, 0.5) is 0 Å². The van der Waals surface area contributed by atoms with Gasteiger partial charge in [0.15, 0.2) is 0 Å². The smallest absolute Gasteiger partial charge is 0.263 e. The molecular formula is C24H25N5O3. The number of likely N-dealkylation sites (tertiary alicyclic amines) is 1. The summed E-state index contributed by atoms with van der Waals surface area (Å²) in [7, 11) is 0. The zero-order valence-electron chi connectivity index (χ0n) is 17.7. The summed E-state index contributed by atoms with van der Waals surface area (Å²) in [6.45, 7) is 3.06. The van der Waals surface area contributed by atoms with Crippen molar-refractivity contribution in [2.45, 2.75) is 37.8 Å². The molecule has 8 nitrogen and oxygen atoms in total. The number of benzene rings is 1. The van der Waals surface area contributed by atoms with Gasteiger partial charge in [-0.2, -0.15) is 4.98 Å². The van der Waals surface area contributed by atoms with E-state index in [9.17, 15) is 9.59 Å². The van der Waals surface area contributed by atoms with Crippen molar-refractivity contribution in [3.8, 4) is 11.4 Å². The van der Waals surface area contributed by atoms with Gasteiger partial charge in [-0.1, -0.05) is 35.5 Å². The Bertz CT molecular complexity index is 1220. The number of piperidine rings is 1. The number of aromatic nitrogens is 3. The summed E-state index contributed by atoms with van der Waals surface area (Å²) in [5, 5.41) is 7.56. The second kappa shape index (κ2) is 7.70. The predicted molar refractivity (Wildman–Crippen MR) is 117 cm³/mol. The zero-order chi connectivity index (χ0) is 21.7. The molecule has 2 saturated heterocycles. The van der Waals surface area contributed by atoms with Crippen LogP contribution in [0.1, 0.15) is 53.2 Å². The summed E-state index contributed by atoms with van der Waals surface area (Å²) in [4.78, 5) is 33.1. The van der Waals surface area contributed by atoms with E-state index < -0.39 is 0 Å². The molecular weight excluding hydrogens is 406 g/mol. The summed E-state index contributed by atoms with van der Waals surface area (Å²) in [6.07, 6.45) is 2.68. The van der Waals surface area contributed by atoms with E-state index in [-0.39, 0.29) is 23.1 Å². The number of amides is 1. The molecule has 3 aliphatic rings. The van der Waals surface area contributed by atoms with Gasteiger partial charge >= 0.3 is 0 Å². The van der Waals surface area contributed by atoms with Crippen LogP contribution in [0.3, 0.4) is 0 Å². The molecule has 3 atom stereocenters. The minimum atomic E-state index is -0.309. The fourth-order valence-electron chi connectivity index (χ4n) is 5.45. The molecule has 0 radical (unpaired) electrons. The maximum Gasteiger partial charge on any atom is 0.263 e. The average molecular weight is 431 g/mol. The van der Waals surface area contributed by atoms with Crippen LogP contribution in [0.2, 0.25) is 0 Å². The summed E-state index contributed by atoms with van der Waals surface area (Å²) in [5.74, 6) is 1.47. The highest BCUT2D eigenvalue weighted by atomic mass is 16.5. The van der Waals surface area contributed by atoms with Crippen molar-refractivity contribution >= 4 is 5.91 Å². The summed E-state index contributed by atoms with van der Waals surface area (Å²) in [6, 6.07) is 13.0. The van der Waals surface area contributed by atoms with Crippen molar-refractivity contribution in [3.63, 3.8) is 0 Å². The molecule has 0 spiro atoms. The second-order valence-corrected chi connectivity index (χ2v) is 9.02. The van der Waals surface area contributed by atoms with Crippen molar-refractivity contribution in [1.29, 1.82) is 0 Å². The predicted octanol–water partition coefficient (Wildman–Crippen LogP) is 2.58. The van der Waals surface area contributed by atoms with E-state index in [0.717, 1.165) is 43.6 Å². The highest BCUT2D eigenvalue weighted by Crippen LogP contribution is 2.34. The van der Waals surface area contributed by atoms with Crippen molar-refractivity contribution in [2.75, 3.05) is 19.6 Å². The quantitative estimate of drug-likeness (QED) is 0.685. The molecule has 164 valence electrons. The molecule has 6 rings (SSSR count). The Hall–Kier alpha value is -3.26. The maximum absolute atomic E-state index is 13.5. The minimum Gasteiger partial charge on any atom is -0.337 e.